The van der Waals surface area contributed by atoms with Crippen LogP contribution in [0.25, 0.3) is 0 Å². The van der Waals surface area contributed by atoms with E-state index in [2.05, 4.69) is 33.1 Å². The highest BCUT2D eigenvalue weighted by Gasteiger charge is 2.26. The zero-order valence-corrected chi connectivity index (χ0v) is 30.3. The predicted octanol–water partition coefficient (Wildman–Crippen LogP) is 3.74. The first-order valence-electron chi connectivity index (χ1n) is 18.2. The highest BCUT2D eigenvalue weighted by Crippen LogP contribution is 2.30. The highest BCUT2D eigenvalue weighted by atomic mass is 16.5. The van der Waals surface area contributed by atoms with Crippen LogP contribution in [0.2, 0.25) is 0 Å². The van der Waals surface area contributed by atoms with E-state index >= 15 is 0 Å². The van der Waals surface area contributed by atoms with Crippen LogP contribution in [0.15, 0.2) is 35.1 Å². The van der Waals surface area contributed by atoms with Crippen molar-refractivity contribution in [1.29, 1.82) is 0 Å². The Labute approximate surface area is 300 Å². The Morgan fingerprint density at radius 2 is 1.73 bits per heavy atom. The molecule has 1 atom stereocenters. The van der Waals surface area contributed by atoms with Crippen LogP contribution in [-0.4, -0.2) is 112 Å². The van der Waals surface area contributed by atoms with Crippen molar-refractivity contribution >= 4 is 29.2 Å². The van der Waals surface area contributed by atoms with Gasteiger partial charge in [0.2, 0.25) is 11.8 Å². The van der Waals surface area contributed by atoms with Gasteiger partial charge >= 0.3 is 0 Å². The van der Waals surface area contributed by atoms with Gasteiger partial charge in [-0.1, -0.05) is 6.07 Å². The number of benzene rings is 1. The second-order valence-electron chi connectivity index (χ2n) is 14.1. The number of anilines is 2. The van der Waals surface area contributed by atoms with Crippen LogP contribution in [0.1, 0.15) is 78.0 Å². The number of β-amino-alcohol motifs (C(OH)–C–C–N with tert-alkyl or cyclic N) is 1. The highest BCUT2D eigenvalue weighted by molar-refractivity contribution is 5.97. The normalized spacial score (nSPS) is 17.6. The number of oxazole rings is 1. The van der Waals surface area contributed by atoms with Gasteiger partial charge in [-0.3, -0.25) is 19.3 Å². The summed E-state index contributed by atoms with van der Waals surface area (Å²) in [5, 5.41) is 14.6. The van der Waals surface area contributed by atoms with Crippen molar-refractivity contribution in [2.75, 3.05) is 62.6 Å². The number of likely N-dealkylation sites (tertiary alicyclic amines) is 1. The first kappa shape index (κ1) is 36.3. The van der Waals surface area contributed by atoms with E-state index in [9.17, 15) is 19.5 Å². The SMILES string of the molecule is CC(=O)N1CCC(Nc2cc(C(=O)CC[C@H](O)CN3CCc4c(ccc(OCc5ocnc5C)c4C)C3)cc(N3CCN(C(C)=O)CC3)n2)CC1. The molecule has 0 radical (unpaired) electrons. The second-order valence-corrected chi connectivity index (χ2v) is 14.1. The smallest absolute Gasteiger partial charge is 0.219 e. The third-order valence-electron chi connectivity index (χ3n) is 10.6. The largest absolute Gasteiger partial charge is 0.485 e. The third kappa shape index (κ3) is 9.06. The van der Waals surface area contributed by atoms with E-state index in [4.69, 9.17) is 14.1 Å². The molecular weight excluding hydrogens is 650 g/mol. The first-order chi connectivity index (χ1) is 24.5. The summed E-state index contributed by atoms with van der Waals surface area (Å²) < 4.78 is 11.5. The summed E-state index contributed by atoms with van der Waals surface area (Å²) in [6.07, 6.45) is 3.82. The quantitative estimate of drug-likeness (QED) is 0.267. The maximum atomic E-state index is 13.6. The van der Waals surface area contributed by atoms with E-state index in [0.29, 0.717) is 76.0 Å². The minimum atomic E-state index is -0.644. The Bertz CT molecular complexity index is 1710. The lowest BCUT2D eigenvalue weighted by atomic mass is 9.94. The maximum Gasteiger partial charge on any atom is 0.219 e. The number of fused-ring (bicyclic) bond motifs is 1. The van der Waals surface area contributed by atoms with Crippen molar-refractivity contribution in [1.82, 2.24) is 24.7 Å². The molecule has 13 heteroatoms. The van der Waals surface area contributed by atoms with E-state index in [1.54, 1.807) is 13.8 Å². The number of hydrogen-bond acceptors (Lipinski definition) is 11. The van der Waals surface area contributed by atoms with Crippen LogP contribution in [0.3, 0.4) is 0 Å². The van der Waals surface area contributed by atoms with Gasteiger partial charge in [0.25, 0.3) is 0 Å². The summed E-state index contributed by atoms with van der Waals surface area (Å²) in [6, 6.07) is 7.91. The molecule has 2 aromatic heterocycles. The number of pyridine rings is 1. The number of aliphatic hydroxyl groups is 1. The molecule has 2 saturated heterocycles. The van der Waals surface area contributed by atoms with Crippen LogP contribution < -0.4 is 15.0 Å². The van der Waals surface area contributed by atoms with Gasteiger partial charge in [-0.05, 0) is 74.4 Å². The average molecular weight is 702 g/mol. The molecule has 2 amide bonds. The van der Waals surface area contributed by atoms with Crippen molar-refractivity contribution in [3.63, 3.8) is 0 Å². The number of nitrogens with zero attached hydrogens (tertiary/aromatic N) is 6. The number of ketones is 1. The molecule has 3 aliphatic rings. The lowest BCUT2D eigenvalue weighted by molar-refractivity contribution is -0.130. The number of carbonyl (C=O) groups excluding carboxylic acids is 3. The van der Waals surface area contributed by atoms with Gasteiger partial charge in [0, 0.05) is 90.8 Å². The molecule has 2 fully saturated rings. The molecule has 3 aliphatic heterocycles. The Morgan fingerprint density at radius 1 is 1.00 bits per heavy atom. The lowest BCUT2D eigenvalue weighted by Gasteiger charge is -2.35. The summed E-state index contributed by atoms with van der Waals surface area (Å²) in [6.45, 7) is 13.4. The average Bonchev–Trinajstić information content (AvgIpc) is 3.54. The van der Waals surface area contributed by atoms with E-state index in [-0.39, 0.29) is 30.1 Å². The molecular formula is C38H51N7O6. The topological polar surface area (TPSA) is 145 Å². The van der Waals surface area contributed by atoms with E-state index < -0.39 is 6.10 Å². The summed E-state index contributed by atoms with van der Waals surface area (Å²) in [5.74, 6) is 3.01. The molecule has 3 aromatic rings. The summed E-state index contributed by atoms with van der Waals surface area (Å²) >= 11 is 0. The zero-order chi connectivity index (χ0) is 36.1. The minimum absolute atomic E-state index is 0.0396. The fraction of sp³-hybridized carbons (Fsp3) is 0.553. The van der Waals surface area contributed by atoms with Crippen LogP contribution >= 0.6 is 0 Å². The van der Waals surface area contributed by atoms with Gasteiger partial charge in [-0.25, -0.2) is 9.97 Å². The molecule has 1 aromatic carbocycles. The number of aliphatic hydroxyl groups excluding tert-OH is 1. The summed E-state index contributed by atoms with van der Waals surface area (Å²) in [7, 11) is 0. The number of rotatable bonds is 12. The summed E-state index contributed by atoms with van der Waals surface area (Å²) in [4.78, 5) is 54.4. The second kappa shape index (κ2) is 16.2. The van der Waals surface area contributed by atoms with E-state index in [1.165, 1.54) is 17.5 Å². The molecule has 2 N–H and O–H groups in total. The van der Waals surface area contributed by atoms with Crippen molar-refractivity contribution in [2.45, 2.75) is 85.1 Å². The number of piperidine rings is 1. The number of piperazine rings is 1. The van der Waals surface area contributed by atoms with Crippen LogP contribution in [0.4, 0.5) is 11.6 Å². The van der Waals surface area contributed by atoms with Crippen LogP contribution in [0.5, 0.6) is 5.75 Å². The van der Waals surface area contributed by atoms with Gasteiger partial charge < -0.3 is 34.3 Å². The number of amides is 2. The van der Waals surface area contributed by atoms with Gasteiger partial charge in [-0.15, -0.1) is 0 Å². The number of Topliss-reactive ketones (excluding diaryl/α,β-unsaturated/α-hetero) is 1. The molecule has 0 spiro atoms. The monoisotopic (exact) mass is 701 g/mol. The molecule has 6 rings (SSSR count). The molecule has 13 nitrogen and oxygen atoms in total. The van der Waals surface area contributed by atoms with Crippen LogP contribution in [-0.2, 0) is 29.2 Å². The van der Waals surface area contributed by atoms with Crippen LogP contribution in [0, 0.1) is 13.8 Å². The fourth-order valence-corrected chi connectivity index (χ4v) is 7.34. The van der Waals surface area contributed by atoms with Gasteiger partial charge in [0.05, 0.1) is 11.8 Å². The zero-order valence-electron chi connectivity index (χ0n) is 30.3. The molecule has 0 unspecified atom stereocenters. The summed E-state index contributed by atoms with van der Waals surface area (Å²) in [5.41, 5.74) is 5.03. The Kier molecular flexibility index (Phi) is 11.6. The first-order valence-corrected chi connectivity index (χ1v) is 18.2. The Balaban J connectivity index is 1.05. The number of aromatic nitrogens is 2. The Hall–Kier alpha value is -4.49. The molecule has 5 heterocycles. The molecule has 51 heavy (non-hydrogen) atoms. The van der Waals surface area contributed by atoms with E-state index in [0.717, 1.165) is 55.1 Å². The number of ether oxygens (including phenoxy) is 1. The molecule has 0 saturated carbocycles. The number of carbonyl (C=O) groups is 3. The lowest BCUT2D eigenvalue weighted by Crippen LogP contribution is -2.48. The fourth-order valence-electron chi connectivity index (χ4n) is 7.34. The van der Waals surface area contributed by atoms with Crippen molar-refractivity contribution in [3.8, 4) is 5.75 Å². The molecule has 0 bridgehead atoms. The van der Waals surface area contributed by atoms with Crippen molar-refractivity contribution < 1.29 is 28.6 Å². The van der Waals surface area contributed by atoms with Crippen molar-refractivity contribution in [2.24, 2.45) is 0 Å². The standard InChI is InChI=1S/C38H51N7O6/c1-25-33-11-12-42(21-29(33)5-8-35(25)50-23-36-26(2)39-24-51-36)22-32(48)6-7-34(49)30-19-37(40-31-9-13-43(14-10-31)27(3)46)41-38(20-30)45-17-15-44(16-18-45)28(4)47/h5,8,19-20,24,31-32,48H,6-7,9-18,21-23H2,1-4H3,(H,40,41)/t32-/m0/s1. The molecule has 0 aliphatic carbocycles. The maximum absolute atomic E-state index is 13.6. The van der Waals surface area contributed by atoms with Gasteiger partial charge in [0.15, 0.2) is 17.9 Å². The van der Waals surface area contributed by atoms with E-state index in [1.807, 2.05) is 34.9 Å². The number of hydrogen-bond donors (Lipinski definition) is 2. The Morgan fingerprint density at radius 3 is 2.41 bits per heavy atom. The third-order valence-corrected chi connectivity index (χ3v) is 10.6. The minimum Gasteiger partial charge on any atom is -0.485 e. The molecule has 274 valence electrons. The van der Waals surface area contributed by atoms with Crippen molar-refractivity contribution in [3.05, 3.63) is 64.4 Å². The number of nitrogens with one attached hydrogen (secondary N) is 1. The number of aryl methyl sites for hydroxylation is 1. The predicted molar refractivity (Wildman–Crippen MR) is 193 cm³/mol. The van der Waals surface area contributed by atoms with Gasteiger partial charge in [-0.2, -0.15) is 0 Å². The van der Waals surface area contributed by atoms with Gasteiger partial charge in [0.1, 0.15) is 24.0 Å².